The van der Waals surface area contributed by atoms with E-state index in [1.165, 1.54) is 0 Å². The van der Waals surface area contributed by atoms with E-state index in [4.69, 9.17) is 18.9 Å². The molecule has 25 heavy (non-hydrogen) atoms. The number of carbonyl (C=O) groups is 3. The molecule has 11 nitrogen and oxygen atoms in total. The second-order valence-corrected chi connectivity index (χ2v) is 5.51. The van der Waals surface area contributed by atoms with Crippen LogP contribution in [0.3, 0.4) is 0 Å². The summed E-state index contributed by atoms with van der Waals surface area (Å²) in [5, 5.41) is 0. The number of nitrogens with one attached hydrogen (secondary N) is 1. The molecule has 0 saturated carbocycles. The molecule has 2 aliphatic rings. The lowest BCUT2D eigenvalue weighted by Crippen LogP contribution is -2.40. The van der Waals surface area contributed by atoms with Crippen molar-refractivity contribution in [1.82, 2.24) is 9.55 Å². The van der Waals surface area contributed by atoms with E-state index in [1.54, 1.807) is 0 Å². The average molecular weight is 354 g/mol. The number of fused-ring (bicyclic) bond motifs is 1. The third kappa shape index (κ3) is 3.05. The number of esters is 3. The molecule has 3 heterocycles. The maximum absolute atomic E-state index is 12.0. The van der Waals surface area contributed by atoms with E-state index in [1.807, 2.05) is 4.98 Å². The number of hydrogen-bond acceptors (Lipinski definition) is 9. The predicted octanol–water partition coefficient (Wildman–Crippen LogP) is -1.78. The summed E-state index contributed by atoms with van der Waals surface area (Å²) >= 11 is 0. The van der Waals surface area contributed by atoms with Crippen LogP contribution in [0.1, 0.15) is 20.1 Å². The molecule has 134 valence electrons. The van der Waals surface area contributed by atoms with E-state index in [-0.39, 0.29) is 0 Å². The fourth-order valence-corrected chi connectivity index (χ4v) is 2.84. The topological polar surface area (TPSA) is 143 Å². The third-order valence-electron chi connectivity index (χ3n) is 3.73. The molecular formula is C14H14N2O9. The Bertz CT molecular complexity index is 841. The number of carbonyl (C=O) groups excluding carboxylic acids is 3. The van der Waals surface area contributed by atoms with Gasteiger partial charge in [-0.2, -0.15) is 0 Å². The van der Waals surface area contributed by atoms with Crippen molar-refractivity contribution in [2.24, 2.45) is 0 Å². The second kappa shape index (κ2) is 6.16. The van der Waals surface area contributed by atoms with E-state index in [0.717, 1.165) is 30.7 Å². The van der Waals surface area contributed by atoms with Gasteiger partial charge in [-0.05, 0) is 0 Å². The Morgan fingerprint density at radius 1 is 1.12 bits per heavy atom. The normalized spacial score (nSPS) is 30.5. The molecule has 3 rings (SSSR count). The van der Waals surface area contributed by atoms with Gasteiger partial charge >= 0.3 is 23.6 Å². The minimum Gasteiger partial charge on any atom is -0.454 e. The van der Waals surface area contributed by atoms with Crippen LogP contribution in [-0.4, -0.2) is 51.9 Å². The van der Waals surface area contributed by atoms with Gasteiger partial charge in [-0.3, -0.25) is 23.9 Å². The summed E-state index contributed by atoms with van der Waals surface area (Å²) in [5.74, 6) is -2.25. The van der Waals surface area contributed by atoms with E-state index in [0.29, 0.717) is 0 Å². The molecule has 0 radical (unpaired) electrons. The highest BCUT2D eigenvalue weighted by Crippen LogP contribution is 2.39. The number of nitrogens with zero attached hydrogens (tertiary/aromatic N) is 1. The minimum atomic E-state index is -1.34. The Balaban J connectivity index is 1.97. The van der Waals surface area contributed by atoms with Gasteiger partial charge in [0.2, 0.25) is 6.10 Å². The third-order valence-corrected chi connectivity index (χ3v) is 3.73. The van der Waals surface area contributed by atoms with Gasteiger partial charge in [0.1, 0.15) is 6.10 Å². The smallest absolute Gasteiger partial charge is 0.350 e. The number of aromatic amines is 1. The Morgan fingerprint density at radius 2 is 1.80 bits per heavy atom. The highest BCUT2D eigenvalue weighted by atomic mass is 16.7. The Morgan fingerprint density at radius 3 is 2.40 bits per heavy atom. The number of hydrogen-bond donors (Lipinski definition) is 1. The van der Waals surface area contributed by atoms with Gasteiger partial charge < -0.3 is 18.9 Å². The van der Waals surface area contributed by atoms with Gasteiger partial charge in [0, 0.05) is 26.1 Å². The molecule has 0 amide bonds. The van der Waals surface area contributed by atoms with Crippen LogP contribution >= 0.6 is 0 Å². The molecule has 0 spiro atoms. The maximum Gasteiger partial charge on any atom is 0.350 e. The number of aromatic nitrogens is 2. The second-order valence-electron chi connectivity index (χ2n) is 5.51. The van der Waals surface area contributed by atoms with Crippen molar-refractivity contribution in [3.05, 3.63) is 33.1 Å². The first-order valence-corrected chi connectivity index (χ1v) is 7.30. The van der Waals surface area contributed by atoms with Gasteiger partial charge in [-0.15, -0.1) is 0 Å². The van der Waals surface area contributed by atoms with E-state index in [9.17, 15) is 24.0 Å². The highest BCUT2D eigenvalue weighted by molar-refractivity contribution is 5.81. The highest BCUT2D eigenvalue weighted by Gasteiger charge is 2.61. The molecule has 1 N–H and O–H groups in total. The Hall–Kier alpha value is -2.95. The van der Waals surface area contributed by atoms with E-state index in [2.05, 4.69) is 0 Å². The Kier molecular flexibility index (Phi) is 4.17. The lowest BCUT2D eigenvalue weighted by atomic mass is 10.1. The first-order chi connectivity index (χ1) is 11.8. The van der Waals surface area contributed by atoms with Crippen LogP contribution in [-0.2, 0) is 33.3 Å². The number of ether oxygens (including phenoxy) is 4. The molecule has 11 heteroatoms. The van der Waals surface area contributed by atoms with Crippen molar-refractivity contribution in [2.75, 3.05) is 0 Å². The van der Waals surface area contributed by atoms with Crippen LogP contribution in [0.4, 0.5) is 0 Å². The van der Waals surface area contributed by atoms with Crippen molar-refractivity contribution < 1.29 is 33.3 Å². The molecule has 2 fully saturated rings. The fraction of sp³-hybridized carbons (Fsp3) is 0.500. The molecular weight excluding hydrogens is 340 g/mol. The average Bonchev–Trinajstić information content (AvgIpc) is 2.97. The van der Waals surface area contributed by atoms with E-state index < -0.39 is 59.8 Å². The quantitative estimate of drug-likeness (QED) is 0.492. The lowest BCUT2D eigenvalue weighted by Gasteiger charge is -2.22. The molecule has 0 bridgehead atoms. The zero-order chi connectivity index (χ0) is 18.3. The van der Waals surface area contributed by atoms with Gasteiger partial charge in [0.25, 0.3) is 5.56 Å². The first kappa shape index (κ1) is 16.9. The molecule has 1 aromatic heterocycles. The molecule has 0 aliphatic carbocycles. The van der Waals surface area contributed by atoms with E-state index >= 15 is 0 Å². The number of rotatable bonds is 3. The lowest BCUT2D eigenvalue weighted by molar-refractivity contribution is -0.174. The summed E-state index contributed by atoms with van der Waals surface area (Å²) in [4.78, 5) is 59.7. The van der Waals surface area contributed by atoms with Crippen molar-refractivity contribution in [2.45, 2.75) is 44.5 Å². The van der Waals surface area contributed by atoms with Crippen LogP contribution in [0.15, 0.2) is 21.9 Å². The van der Waals surface area contributed by atoms with Crippen LogP contribution in [0.2, 0.25) is 0 Å². The van der Waals surface area contributed by atoms with Gasteiger partial charge in [0.05, 0.1) is 0 Å². The van der Waals surface area contributed by atoms with Crippen molar-refractivity contribution >= 4 is 17.9 Å². The largest absolute Gasteiger partial charge is 0.454 e. The van der Waals surface area contributed by atoms with Crippen LogP contribution in [0.25, 0.3) is 0 Å². The van der Waals surface area contributed by atoms with Crippen molar-refractivity contribution in [3.8, 4) is 0 Å². The summed E-state index contributed by atoms with van der Waals surface area (Å²) < 4.78 is 21.8. The molecule has 0 aromatic carbocycles. The standard InChI is InChI=1S/C14H14N2O9/c1-5(17)22-10-8-9(11(13(20)25-8)23-6(2)18)24-12(10)16-4-3-7(19)15-14(16)21/h3-4,8-12H,1-2H3,(H,15,19,21)/t8-,9+,10-,11+,12+/m1/s1. The molecule has 2 saturated heterocycles. The van der Waals surface area contributed by atoms with Gasteiger partial charge in [0.15, 0.2) is 18.4 Å². The minimum absolute atomic E-state index is 0.618. The SMILES string of the molecule is CC(=O)O[C@@H]1[C@@H]2OC(=O)[C@@H](OC(C)=O)[C@H]2O[C@@H]1n1ccc(=O)[nH]c1=O. The maximum atomic E-state index is 12.0. The van der Waals surface area contributed by atoms with Crippen LogP contribution in [0, 0.1) is 0 Å². The Labute approximate surface area is 139 Å². The van der Waals surface area contributed by atoms with Crippen molar-refractivity contribution in [1.29, 1.82) is 0 Å². The zero-order valence-electron chi connectivity index (χ0n) is 13.2. The summed E-state index contributed by atoms with van der Waals surface area (Å²) in [6.45, 7) is 2.25. The fourth-order valence-electron chi connectivity index (χ4n) is 2.84. The summed E-state index contributed by atoms with van der Waals surface area (Å²) in [6.07, 6.45) is -4.64. The first-order valence-electron chi connectivity index (χ1n) is 7.30. The van der Waals surface area contributed by atoms with Crippen molar-refractivity contribution in [3.63, 3.8) is 0 Å². The molecule has 5 atom stereocenters. The molecule has 0 unspecified atom stereocenters. The predicted molar refractivity (Wildman–Crippen MR) is 76.2 cm³/mol. The number of H-pyrrole nitrogens is 1. The van der Waals surface area contributed by atoms with Crippen LogP contribution in [0.5, 0.6) is 0 Å². The summed E-state index contributed by atoms with van der Waals surface area (Å²) in [5.41, 5.74) is -1.42. The molecule has 1 aromatic rings. The monoisotopic (exact) mass is 354 g/mol. The molecule has 2 aliphatic heterocycles. The zero-order valence-corrected chi connectivity index (χ0v) is 13.2. The van der Waals surface area contributed by atoms with Gasteiger partial charge in [-0.1, -0.05) is 0 Å². The van der Waals surface area contributed by atoms with Gasteiger partial charge in [-0.25, -0.2) is 9.59 Å². The summed E-state index contributed by atoms with van der Waals surface area (Å²) in [7, 11) is 0. The van der Waals surface area contributed by atoms with Crippen LogP contribution < -0.4 is 11.2 Å². The summed E-state index contributed by atoms with van der Waals surface area (Å²) in [6, 6.07) is 1.08.